The molecule has 134 valence electrons. The van der Waals surface area contributed by atoms with Crippen molar-refractivity contribution in [2.24, 2.45) is 0 Å². The molecular formula is C20H14N2O4S. The van der Waals surface area contributed by atoms with E-state index in [1.54, 1.807) is 42.5 Å². The van der Waals surface area contributed by atoms with Crippen LogP contribution in [0.4, 0.5) is 5.82 Å². The third kappa shape index (κ3) is 4.71. The summed E-state index contributed by atoms with van der Waals surface area (Å²) in [5, 5.41) is 8.99. The minimum absolute atomic E-state index is 0.0894. The molecule has 0 aliphatic rings. The molecular weight excluding hydrogens is 364 g/mol. The molecule has 0 aliphatic carbocycles. The molecule has 0 fully saturated rings. The van der Waals surface area contributed by atoms with E-state index >= 15 is 0 Å². The molecule has 7 heteroatoms. The van der Waals surface area contributed by atoms with E-state index in [1.807, 2.05) is 0 Å². The quantitative estimate of drug-likeness (QED) is 0.681. The number of benzene rings is 2. The normalized spacial score (nSPS) is 10.5. The van der Waals surface area contributed by atoms with Gasteiger partial charge >= 0.3 is 5.97 Å². The second-order valence-electron chi connectivity index (χ2n) is 5.48. The Hall–Kier alpha value is -3.63. The van der Waals surface area contributed by atoms with Crippen molar-refractivity contribution in [1.82, 2.24) is 4.98 Å². The molecule has 0 saturated carbocycles. The van der Waals surface area contributed by atoms with Gasteiger partial charge in [0, 0.05) is 17.3 Å². The molecule has 0 aliphatic heterocycles. The standard InChI is InChI=1S/C20H14N2O4S/c23-20(24)17-5-3-4-16(14-17)8-7-15-9-11-18(12-10-15)27(25,26)22-19-6-1-2-13-21-19/h1-6,9-14H,(H,21,22)(H,23,24). The highest BCUT2D eigenvalue weighted by atomic mass is 32.2. The predicted molar refractivity (Wildman–Crippen MR) is 101 cm³/mol. The van der Waals surface area contributed by atoms with Crippen molar-refractivity contribution < 1.29 is 18.3 Å². The second kappa shape index (κ2) is 7.72. The number of nitrogens with zero attached hydrogens (tertiary/aromatic N) is 1. The summed E-state index contributed by atoms with van der Waals surface area (Å²) in [5.74, 6) is 4.97. The van der Waals surface area contributed by atoms with Crippen molar-refractivity contribution in [2.45, 2.75) is 4.90 Å². The van der Waals surface area contributed by atoms with Crippen molar-refractivity contribution in [3.63, 3.8) is 0 Å². The van der Waals surface area contributed by atoms with Gasteiger partial charge in [-0.1, -0.05) is 24.0 Å². The van der Waals surface area contributed by atoms with E-state index < -0.39 is 16.0 Å². The van der Waals surface area contributed by atoms with E-state index in [1.165, 1.54) is 30.5 Å². The fourth-order valence-electron chi connectivity index (χ4n) is 2.21. The van der Waals surface area contributed by atoms with Gasteiger partial charge in [0.05, 0.1) is 10.5 Å². The average Bonchev–Trinajstić information content (AvgIpc) is 2.67. The Kier molecular flexibility index (Phi) is 5.20. The molecule has 1 heterocycles. The average molecular weight is 378 g/mol. The molecule has 1 aromatic heterocycles. The highest BCUT2D eigenvalue weighted by Gasteiger charge is 2.14. The molecule has 3 rings (SSSR count). The van der Waals surface area contributed by atoms with Gasteiger partial charge in [0.15, 0.2) is 0 Å². The Balaban J connectivity index is 1.78. The van der Waals surface area contributed by atoms with Crippen LogP contribution in [0.5, 0.6) is 0 Å². The smallest absolute Gasteiger partial charge is 0.335 e. The molecule has 0 saturated heterocycles. The Morgan fingerprint density at radius 1 is 0.926 bits per heavy atom. The SMILES string of the molecule is O=C(O)c1cccc(C#Cc2ccc(S(=O)(=O)Nc3ccccn3)cc2)c1. The van der Waals surface area contributed by atoms with Crippen molar-refractivity contribution in [1.29, 1.82) is 0 Å². The number of hydrogen-bond acceptors (Lipinski definition) is 4. The lowest BCUT2D eigenvalue weighted by Crippen LogP contribution is -2.13. The number of hydrogen-bond donors (Lipinski definition) is 2. The van der Waals surface area contributed by atoms with E-state index in [4.69, 9.17) is 5.11 Å². The van der Waals surface area contributed by atoms with Gasteiger partial charge in [-0.25, -0.2) is 18.2 Å². The number of rotatable bonds is 4. The number of carbonyl (C=O) groups is 1. The molecule has 2 N–H and O–H groups in total. The molecule has 3 aromatic rings. The van der Waals surface area contributed by atoms with Crippen molar-refractivity contribution in [2.75, 3.05) is 4.72 Å². The number of sulfonamides is 1. The first-order chi connectivity index (χ1) is 12.9. The third-order valence-corrected chi connectivity index (χ3v) is 4.90. The zero-order valence-corrected chi connectivity index (χ0v) is 14.8. The lowest BCUT2D eigenvalue weighted by atomic mass is 10.1. The maximum Gasteiger partial charge on any atom is 0.335 e. The first-order valence-corrected chi connectivity index (χ1v) is 9.32. The summed E-state index contributed by atoms with van der Waals surface area (Å²) in [6.07, 6.45) is 1.50. The van der Waals surface area contributed by atoms with Gasteiger partial charge < -0.3 is 5.11 Å². The van der Waals surface area contributed by atoms with Gasteiger partial charge in [0.25, 0.3) is 10.0 Å². The minimum atomic E-state index is -3.74. The number of anilines is 1. The lowest BCUT2D eigenvalue weighted by molar-refractivity contribution is 0.0697. The fourth-order valence-corrected chi connectivity index (χ4v) is 3.22. The lowest BCUT2D eigenvalue weighted by Gasteiger charge is -2.06. The van der Waals surface area contributed by atoms with E-state index in [0.29, 0.717) is 11.1 Å². The van der Waals surface area contributed by atoms with Crippen LogP contribution in [0.3, 0.4) is 0 Å². The molecule has 0 spiro atoms. The van der Waals surface area contributed by atoms with Crippen LogP contribution >= 0.6 is 0 Å². The molecule has 0 bridgehead atoms. The Bertz CT molecular complexity index is 1130. The van der Waals surface area contributed by atoms with Gasteiger partial charge in [-0.3, -0.25) is 4.72 Å². The number of aromatic carboxylic acids is 1. The van der Waals surface area contributed by atoms with Gasteiger partial charge in [-0.15, -0.1) is 0 Å². The first-order valence-electron chi connectivity index (χ1n) is 7.83. The van der Waals surface area contributed by atoms with Gasteiger partial charge in [0.2, 0.25) is 0 Å². The molecule has 2 aromatic carbocycles. The van der Waals surface area contributed by atoms with Gasteiger partial charge in [-0.2, -0.15) is 0 Å². The topological polar surface area (TPSA) is 96.4 Å². The summed E-state index contributed by atoms with van der Waals surface area (Å²) in [6, 6.07) is 17.3. The minimum Gasteiger partial charge on any atom is -0.478 e. The summed E-state index contributed by atoms with van der Waals surface area (Å²) in [4.78, 5) is 15.0. The Morgan fingerprint density at radius 2 is 1.67 bits per heavy atom. The van der Waals surface area contributed by atoms with Crippen molar-refractivity contribution >= 4 is 21.8 Å². The van der Waals surface area contributed by atoms with Crippen LogP contribution in [0, 0.1) is 11.8 Å². The number of nitrogens with one attached hydrogen (secondary N) is 1. The van der Waals surface area contributed by atoms with Crippen LogP contribution in [-0.4, -0.2) is 24.5 Å². The Morgan fingerprint density at radius 3 is 2.33 bits per heavy atom. The predicted octanol–water partition coefficient (Wildman–Crippen LogP) is 2.98. The summed E-state index contributed by atoms with van der Waals surface area (Å²) in [5.41, 5.74) is 1.32. The first kappa shape index (κ1) is 18.2. The van der Waals surface area contributed by atoms with Crippen LogP contribution in [-0.2, 0) is 10.0 Å². The summed E-state index contributed by atoms with van der Waals surface area (Å²) in [7, 11) is -3.74. The van der Waals surface area contributed by atoms with Crippen LogP contribution < -0.4 is 4.72 Å². The van der Waals surface area contributed by atoms with Crippen molar-refractivity contribution in [3.8, 4) is 11.8 Å². The fraction of sp³-hybridized carbons (Fsp3) is 0. The van der Waals surface area contributed by atoms with E-state index in [-0.39, 0.29) is 16.3 Å². The highest BCUT2D eigenvalue weighted by molar-refractivity contribution is 7.92. The largest absolute Gasteiger partial charge is 0.478 e. The van der Waals surface area contributed by atoms with Gasteiger partial charge in [-0.05, 0) is 54.6 Å². The number of carboxylic acid groups (broad SMARTS) is 1. The zero-order valence-electron chi connectivity index (χ0n) is 14.0. The number of carboxylic acids is 1. The zero-order chi connectivity index (χ0) is 19.3. The third-order valence-electron chi connectivity index (χ3n) is 3.53. The maximum absolute atomic E-state index is 12.4. The summed E-state index contributed by atoms with van der Waals surface area (Å²) >= 11 is 0. The summed E-state index contributed by atoms with van der Waals surface area (Å²) in [6.45, 7) is 0. The number of aromatic nitrogens is 1. The van der Waals surface area contributed by atoms with E-state index in [0.717, 1.165) is 0 Å². The highest BCUT2D eigenvalue weighted by Crippen LogP contribution is 2.14. The second-order valence-corrected chi connectivity index (χ2v) is 7.16. The number of pyridine rings is 1. The van der Waals surface area contributed by atoms with Crippen LogP contribution in [0.15, 0.2) is 77.8 Å². The maximum atomic E-state index is 12.4. The molecule has 0 unspecified atom stereocenters. The van der Waals surface area contributed by atoms with Crippen LogP contribution in [0.1, 0.15) is 21.5 Å². The summed E-state index contributed by atoms with van der Waals surface area (Å²) < 4.78 is 27.1. The molecule has 6 nitrogen and oxygen atoms in total. The monoisotopic (exact) mass is 378 g/mol. The van der Waals surface area contributed by atoms with Gasteiger partial charge in [0.1, 0.15) is 5.82 Å². The van der Waals surface area contributed by atoms with Crippen LogP contribution in [0.25, 0.3) is 0 Å². The molecule has 0 radical (unpaired) electrons. The van der Waals surface area contributed by atoms with E-state index in [2.05, 4.69) is 21.5 Å². The Labute approximate surface area is 156 Å². The molecule has 0 amide bonds. The van der Waals surface area contributed by atoms with Crippen molar-refractivity contribution in [3.05, 3.63) is 89.6 Å². The van der Waals surface area contributed by atoms with E-state index in [9.17, 15) is 13.2 Å². The molecule has 27 heavy (non-hydrogen) atoms. The van der Waals surface area contributed by atoms with Crippen LogP contribution in [0.2, 0.25) is 0 Å². The molecule has 0 atom stereocenters.